The lowest BCUT2D eigenvalue weighted by atomic mass is 10.1. The highest BCUT2D eigenvalue weighted by molar-refractivity contribution is 6.02. The Morgan fingerprint density at radius 3 is 2.70 bits per heavy atom. The predicted octanol–water partition coefficient (Wildman–Crippen LogP) is 0.0912. The van der Waals surface area contributed by atoms with Crippen molar-refractivity contribution in [3.8, 4) is 0 Å². The van der Waals surface area contributed by atoms with Gasteiger partial charge < -0.3 is 15.5 Å². The van der Waals surface area contributed by atoms with Crippen molar-refractivity contribution >= 4 is 23.2 Å². The summed E-state index contributed by atoms with van der Waals surface area (Å²) in [6.07, 6.45) is 0. The molecule has 1 saturated heterocycles. The topological polar surface area (TPSA) is 110 Å². The number of hydrogen-bond acceptors (Lipinski definition) is 5. The molecule has 20 heavy (non-hydrogen) atoms. The minimum absolute atomic E-state index is 0.0682. The molecule has 8 heteroatoms. The van der Waals surface area contributed by atoms with Crippen molar-refractivity contribution in [3.63, 3.8) is 0 Å². The van der Waals surface area contributed by atoms with Gasteiger partial charge in [-0.15, -0.1) is 0 Å². The molecule has 0 aliphatic carbocycles. The number of nitrogens with two attached hydrogens (primary N) is 1. The molecule has 0 radical (unpaired) electrons. The molecule has 1 aliphatic rings. The quantitative estimate of drug-likeness (QED) is 0.468. The maximum Gasteiger partial charge on any atom is 0.304 e. The third-order valence-corrected chi connectivity index (χ3v) is 3.22. The third-order valence-electron chi connectivity index (χ3n) is 3.22. The summed E-state index contributed by atoms with van der Waals surface area (Å²) in [7, 11) is 1.65. The number of amides is 2. The molecule has 0 atom stereocenters. The first-order chi connectivity index (χ1) is 9.41. The number of anilines is 1. The largest absolute Gasteiger partial charge is 0.393 e. The molecule has 1 aromatic carbocycles. The van der Waals surface area contributed by atoms with Gasteiger partial charge >= 0.3 is 5.69 Å². The van der Waals surface area contributed by atoms with Gasteiger partial charge in [-0.1, -0.05) is 6.07 Å². The van der Waals surface area contributed by atoms with Gasteiger partial charge in [0.2, 0.25) is 5.91 Å². The van der Waals surface area contributed by atoms with E-state index in [9.17, 15) is 19.7 Å². The molecule has 1 aromatic rings. The number of likely N-dealkylation sites (N-methyl/N-ethyl adjacent to an activating group) is 1. The lowest BCUT2D eigenvalue weighted by Crippen LogP contribution is -2.50. The second-order valence-electron chi connectivity index (χ2n) is 4.54. The summed E-state index contributed by atoms with van der Waals surface area (Å²) in [6.45, 7) is 0.662. The maximum atomic E-state index is 12.3. The first-order valence-corrected chi connectivity index (χ1v) is 5.98. The van der Waals surface area contributed by atoms with Crippen LogP contribution in [0.1, 0.15) is 10.4 Å². The molecule has 2 N–H and O–H groups in total. The zero-order chi connectivity index (χ0) is 14.9. The lowest BCUT2D eigenvalue weighted by molar-refractivity contribution is -0.384. The van der Waals surface area contributed by atoms with Crippen LogP contribution in [0.5, 0.6) is 0 Å². The van der Waals surface area contributed by atoms with E-state index >= 15 is 0 Å². The molecule has 1 aliphatic heterocycles. The van der Waals surface area contributed by atoms with Gasteiger partial charge in [-0.2, -0.15) is 0 Å². The highest BCUT2D eigenvalue weighted by Crippen LogP contribution is 2.27. The number of nitro benzene ring substituents is 1. The number of carbonyl (C=O) groups is 2. The zero-order valence-electron chi connectivity index (χ0n) is 10.9. The van der Waals surface area contributed by atoms with Crippen molar-refractivity contribution in [2.75, 3.05) is 32.4 Å². The molecule has 0 unspecified atom stereocenters. The molecule has 1 fully saturated rings. The molecule has 0 spiro atoms. The number of piperazine rings is 1. The van der Waals surface area contributed by atoms with Crippen LogP contribution in [-0.4, -0.2) is 53.2 Å². The number of nitro groups is 1. The summed E-state index contributed by atoms with van der Waals surface area (Å²) in [6, 6.07) is 4.19. The number of nitrogen functional groups attached to an aromatic ring is 1. The first-order valence-electron chi connectivity index (χ1n) is 5.98. The van der Waals surface area contributed by atoms with Crippen LogP contribution in [0.4, 0.5) is 11.4 Å². The van der Waals surface area contributed by atoms with Crippen LogP contribution in [0.3, 0.4) is 0 Å². The SMILES string of the molecule is CN1CCN(C(=O)c2cccc(N)c2[N+](=O)[O-])CC1=O. The molecule has 0 saturated carbocycles. The summed E-state index contributed by atoms with van der Waals surface area (Å²) in [5.74, 6) is -0.749. The van der Waals surface area contributed by atoms with Gasteiger partial charge in [-0.05, 0) is 12.1 Å². The fraction of sp³-hybridized carbons (Fsp3) is 0.333. The fourth-order valence-corrected chi connectivity index (χ4v) is 2.04. The number of para-hydroxylation sites is 1. The van der Waals surface area contributed by atoms with Crippen molar-refractivity contribution in [2.24, 2.45) is 0 Å². The smallest absolute Gasteiger partial charge is 0.304 e. The Morgan fingerprint density at radius 1 is 1.40 bits per heavy atom. The molecular formula is C12H14N4O4. The molecule has 2 rings (SSSR count). The van der Waals surface area contributed by atoms with E-state index in [0.717, 1.165) is 0 Å². The second kappa shape index (κ2) is 5.16. The van der Waals surface area contributed by atoms with Crippen LogP contribution >= 0.6 is 0 Å². The summed E-state index contributed by atoms with van der Waals surface area (Å²) >= 11 is 0. The summed E-state index contributed by atoms with van der Waals surface area (Å²) in [5, 5.41) is 11.0. The first kappa shape index (κ1) is 13.8. The number of hydrogen-bond donors (Lipinski definition) is 1. The Morgan fingerprint density at radius 2 is 2.10 bits per heavy atom. The van der Waals surface area contributed by atoms with Gasteiger partial charge in [0.1, 0.15) is 17.8 Å². The van der Waals surface area contributed by atoms with Crippen molar-refractivity contribution in [3.05, 3.63) is 33.9 Å². The van der Waals surface area contributed by atoms with E-state index in [1.165, 1.54) is 28.0 Å². The molecule has 1 heterocycles. The van der Waals surface area contributed by atoms with E-state index in [4.69, 9.17) is 5.73 Å². The van der Waals surface area contributed by atoms with E-state index in [-0.39, 0.29) is 23.7 Å². The monoisotopic (exact) mass is 278 g/mol. The third kappa shape index (κ3) is 2.40. The van der Waals surface area contributed by atoms with Crippen molar-refractivity contribution in [2.45, 2.75) is 0 Å². The van der Waals surface area contributed by atoms with Crippen LogP contribution in [-0.2, 0) is 4.79 Å². The summed E-state index contributed by atoms with van der Waals surface area (Å²) < 4.78 is 0. The number of nitrogens with zero attached hydrogens (tertiary/aromatic N) is 3. The number of carbonyl (C=O) groups excluding carboxylic acids is 2. The van der Waals surface area contributed by atoms with Crippen molar-refractivity contribution in [1.29, 1.82) is 0 Å². The van der Waals surface area contributed by atoms with Gasteiger partial charge in [0, 0.05) is 20.1 Å². The Balaban J connectivity index is 2.33. The number of rotatable bonds is 2. The summed E-state index contributed by atoms with van der Waals surface area (Å²) in [4.78, 5) is 37.1. The van der Waals surface area contributed by atoms with Gasteiger partial charge in [0.15, 0.2) is 0 Å². The van der Waals surface area contributed by atoms with Gasteiger partial charge in [-0.3, -0.25) is 19.7 Å². The zero-order valence-corrected chi connectivity index (χ0v) is 10.9. The molecule has 8 nitrogen and oxygen atoms in total. The minimum atomic E-state index is -0.680. The Labute approximate surface area is 114 Å². The van der Waals surface area contributed by atoms with Crippen LogP contribution in [0.25, 0.3) is 0 Å². The van der Waals surface area contributed by atoms with E-state index in [1.54, 1.807) is 7.05 Å². The Bertz CT molecular complexity index is 587. The minimum Gasteiger partial charge on any atom is -0.393 e. The van der Waals surface area contributed by atoms with Crippen LogP contribution in [0, 0.1) is 10.1 Å². The Hall–Kier alpha value is -2.64. The predicted molar refractivity (Wildman–Crippen MR) is 71.0 cm³/mol. The number of benzene rings is 1. The highest BCUT2D eigenvalue weighted by Gasteiger charge is 2.30. The van der Waals surface area contributed by atoms with Gasteiger partial charge in [0.05, 0.1) is 4.92 Å². The molecule has 0 bridgehead atoms. The molecular weight excluding hydrogens is 264 g/mol. The second-order valence-corrected chi connectivity index (χ2v) is 4.54. The van der Waals surface area contributed by atoms with Crippen molar-refractivity contribution in [1.82, 2.24) is 9.80 Å². The van der Waals surface area contributed by atoms with Gasteiger partial charge in [0.25, 0.3) is 5.91 Å². The maximum absolute atomic E-state index is 12.3. The molecule has 2 amide bonds. The van der Waals surface area contributed by atoms with Crippen LogP contribution in [0.2, 0.25) is 0 Å². The Kier molecular flexibility index (Phi) is 3.55. The van der Waals surface area contributed by atoms with Crippen molar-refractivity contribution < 1.29 is 14.5 Å². The average molecular weight is 278 g/mol. The summed E-state index contributed by atoms with van der Waals surface area (Å²) in [5.41, 5.74) is 4.98. The molecule has 0 aromatic heterocycles. The van der Waals surface area contributed by atoms with E-state index in [2.05, 4.69) is 0 Å². The van der Waals surface area contributed by atoms with Crippen LogP contribution in [0.15, 0.2) is 18.2 Å². The molecule has 106 valence electrons. The van der Waals surface area contributed by atoms with E-state index in [1.807, 2.05) is 0 Å². The van der Waals surface area contributed by atoms with Gasteiger partial charge in [-0.25, -0.2) is 0 Å². The lowest BCUT2D eigenvalue weighted by Gasteiger charge is -2.31. The van der Waals surface area contributed by atoms with Crippen LogP contribution < -0.4 is 5.73 Å². The normalized spacial score (nSPS) is 15.3. The highest BCUT2D eigenvalue weighted by atomic mass is 16.6. The van der Waals surface area contributed by atoms with E-state index < -0.39 is 16.5 Å². The fourth-order valence-electron chi connectivity index (χ4n) is 2.04. The average Bonchev–Trinajstić information content (AvgIpc) is 2.40. The standard InChI is InChI=1S/C12H14N4O4/c1-14-5-6-15(7-10(14)17)12(18)8-3-2-4-9(13)11(8)16(19)20/h2-4H,5-7,13H2,1H3. The van der Waals surface area contributed by atoms with E-state index in [0.29, 0.717) is 13.1 Å².